The van der Waals surface area contributed by atoms with Crippen molar-refractivity contribution in [1.29, 1.82) is 0 Å². The number of nitrogens with zero attached hydrogens (tertiary/aromatic N) is 5. The number of rotatable bonds is 5. The minimum absolute atomic E-state index is 0.132. The Balaban J connectivity index is 1.34. The Labute approximate surface area is 157 Å². The van der Waals surface area contributed by atoms with Gasteiger partial charge in [-0.1, -0.05) is 23.4 Å². The van der Waals surface area contributed by atoms with E-state index in [-0.39, 0.29) is 5.82 Å². The van der Waals surface area contributed by atoms with E-state index in [0.29, 0.717) is 24.8 Å². The van der Waals surface area contributed by atoms with Gasteiger partial charge in [0.1, 0.15) is 5.82 Å². The van der Waals surface area contributed by atoms with Crippen LogP contribution in [0.2, 0.25) is 0 Å². The highest BCUT2D eigenvalue weighted by Gasteiger charge is 2.18. The molecule has 0 amide bonds. The molecule has 1 aliphatic rings. The van der Waals surface area contributed by atoms with Crippen molar-refractivity contribution >= 4 is 0 Å². The van der Waals surface area contributed by atoms with E-state index in [0.717, 1.165) is 43.7 Å². The third kappa shape index (κ3) is 4.56. The van der Waals surface area contributed by atoms with E-state index in [1.165, 1.54) is 6.07 Å². The van der Waals surface area contributed by atoms with Gasteiger partial charge in [0.15, 0.2) is 0 Å². The van der Waals surface area contributed by atoms with Crippen LogP contribution in [0.4, 0.5) is 4.39 Å². The van der Waals surface area contributed by atoms with E-state index < -0.39 is 0 Å². The first-order valence-corrected chi connectivity index (χ1v) is 9.19. The van der Waals surface area contributed by atoms with Crippen LogP contribution in [0.15, 0.2) is 53.3 Å². The summed E-state index contributed by atoms with van der Waals surface area (Å²) in [4.78, 5) is 13.2. The molecule has 3 aromatic rings. The van der Waals surface area contributed by atoms with Crippen LogP contribution in [0, 0.1) is 5.82 Å². The van der Waals surface area contributed by atoms with Gasteiger partial charge in [0.25, 0.3) is 0 Å². The van der Waals surface area contributed by atoms with Gasteiger partial charge in [-0.05, 0) is 37.7 Å². The van der Waals surface area contributed by atoms with E-state index >= 15 is 0 Å². The molecule has 1 aromatic carbocycles. The van der Waals surface area contributed by atoms with Gasteiger partial charge >= 0.3 is 0 Å². The summed E-state index contributed by atoms with van der Waals surface area (Å²) in [5.41, 5.74) is 1.60. The predicted octanol–water partition coefficient (Wildman–Crippen LogP) is 2.98. The highest BCUT2D eigenvalue weighted by molar-refractivity contribution is 5.51. The van der Waals surface area contributed by atoms with Crippen LogP contribution in [0.25, 0.3) is 11.4 Å². The minimum Gasteiger partial charge on any atom is -0.338 e. The number of halogens is 1. The third-order valence-electron chi connectivity index (χ3n) is 4.78. The summed E-state index contributed by atoms with van der Waals surface area (Å²) in [6, 6.07) is 10.8. The van der Waals surface area contributed by atoms with Crippen LogP contribution >= 0.6 is 0 Å². The van der Waals surface area contributed by atoms with Gasteiger partial charge in [-0.25, -0.2) is 4.39 Å². The van der Waals surface area contributed by atoms with Crippen LogP contribution in [0.1, 0.15) is 17.9 Å². The number of hydrogen-bond acceptors (Lipinski definition) is 6. The summed E-state index contributed by atoms with van der Waals surface area (Å²) in [6.07, 6.45) is 4.47. The highest BCUT2D eigenvalue weighted by atomic mass is 19.1. The zero-order valence-electron chi connectivity index (χ0n) is 15.1. The van der Waals surface area contributed by atoms with Gasteiger partial charge in [0.2, 0.25) is 11.7 Å². The molecule has 1 saturated heterocycles. The van der Waals surface area contributed by atoms with E-state index in [1.54, 1.807) is 18.5 Å². The van der Waals surface area contributed by atoms with Crippen molar-refractivity contribution in [2.45, 2.75) is 19.5 Å². The van der Waals surface area contributed by atoms with Crippen LogP contribution in [0.5, 0.6) is 0 Å². The molecule has 1 fully saturated rings. The molecule has 27 heavy (non-hydrogen) atoms. The van der Waals surface area contributed by atoms with Crippen molar-refractivity contribution in [2.75, 3.05) is 26.2 Å². The first kappa shape index (κ1) is 17.8. The normalized spacial score (nSPS) is 16.3. The Bertz CT molecular complexity index is 870. The van der Waals surface area contributed by atoms with Crippen LogP contribution in [-0.4, -0.2) is 51.1 Å². The van der Waals surface area contributed by atoms with Crippen molar-refractivity contribution in [1.82, 2.24) is 24.9 Å². The average molecular weight is 367 g/mol. The molecule has 0 N–H and O–H groups in total. The molecule has 0 radical (unpaired) electrons. The van der Waals surface area contributed by atoms with E-state index in [2.05, 4.69) is 24.9 Å². The Hall–Kier alpha value is -2.64. The van der Waals surface area contributed by atoms with Crippen LogP contribution in [0.3, 0.4) is 0 Å². The fourth-order valence-electron chi connectivity index (χ4n) is 3.33. The summed E-state index contributed by atoms with van der Waals surface area (Å²) >= 11 is 0. The lowest BCUT2D eigenvalue weighted by atomic mass is 10.2. The molecule has 0 spiro atoms. The van der Waals surface area contributed by atoms with Gasteiger partial charge in [-0.2, -0.15) is 4.98 Å². The lowest BCUT2D eigenvalue weighted by Gasteiger charge is -2.21. The molecule has 2 aromatic heterocycles. The maximum absolute atomic E-state index is 13.9. The monoisotopic (exact) mass is 367 g/mol. The Morgan fingerprint density at radius 1 is 0.963 bits per heavy atom. The summed E-state index contributed by atoms with van der Waals surface area (Å²) in [7, 11) is 0. The SMILES string of the molecule is Fc1ccccc1CN1CCCN(Cc2nc(-c3cccnc3)no2)CC1. The lowest BCUT2D eigenvalue weighted by Crippen LogP contribution is -2.30. The van der Waals surface area contributed by atoms with Crippen LogP contribution < -0.4 is 0 Å². The van der Waals surface area contributed by atoms with Gasteiger partial charge in [0.05, 0.1) is 6.54 Å². The van der Waals surface area contributed by atoms with E-state index in [1.807, 2.05) is 24.3 Å². The van der Waals surface area contributed by atoms with Crippen molar-refractivity contribution < 1.29 is 8.91 Å². The Kier molecular flexibility index (Phi) is 5.50. The third-order valence-corrected chi connectivity index (χ3v) is 4.78. The molecule has 6 nitrogen and oxygen atoms in total. The molecule has 0 bridgehead atoms. The fourth-order valence-corrected chi connectivity index (χ4v) is 3.33. The standard InChI is InChI=1S/C20H22FN5O/c21-18-7-2-1-5-17(18)14-25-9-4-10-26(12-11-25)15-19-23-20(24-27-19)16-6-3-8-22-13-16/h1-3,5-8,13H,4,9-12,14-15H2. The second-order valence-corrected chi connectivity index (χ2v) is 6.75. The molecular formula is C20H22FN5O. The van der Waals surface area contributed by atoms with E-state index in [9.17, 15) is 4.39 Å². The molecule has 0 unspecified atom stereocenters. The number of benzene rings is 1. The van der Waals surface area contributed by atoms with Gasteiger partial charge in [-0.3, -0.25) is 14.8 Å². The van der Waals surface area contributed by atoms with E-state index in [4.69, 9.17) is 4.52 Å². The second-order valence-electron chi connectivity index (χ2n) is 6.75. The largest absolute Gasteiger partial charge is 0.338 e. The lowest BCUT2D eigenvalue weighted by molar-refractivity contribution is 0.221. The molecule has 0 aliphatic carbocycles. The zero-order chi connectivity index (χ0) is 18.5. The van der Waals surface area contributed by atoms with Gasteiger partial charge < -0.3 is 4.52 Å². The molecule has 3 heterocycles. The molecular weight excluding hydrogens is 345 g/mol. The molecule has 7 heteroatoms. The predicted molar refractivity (Wildman–Crippen MR) is 99.1 cm³/mol. The number of aromatic nitrogens is 3. The highest BCUT2D eigenvalue weighted by Crippen LogP contribution is 2.16. The quantitative estimate of drug-likeness (QED) is 0.691. The maximum atomic E-state index is 13.9. The van der Waals surface area contributed by atoms with Crippen molar-refractivity contribution in [3.8, 4) is 11.4 Å². The fraction of sp³-hybridized carbons (Fsp3) is 0.350. The van der Waals surface area contributed by atoms with Crippen LogP contribution in [-0.2, 0) is 13.1 Å². The van der Waals surface area contributed by atoms with Crippen molar-refractivity contribution in [3.05, 3.63) is 66.1 Å². The molecule has 140 valence electrons. The zero-order valence-corrected chi connectivity index (χ0v) is 15.1. The molecule has 1 aliphatic heterocycles. The topological polar surface area (TPSA) is 58.3 Å². The maximum Gasteiger partial charge on any atom is 0.241 e. The van der Waals surface area contributed by atoms with Gasteiger partial charge in [0, 0.05) is 43.2 Å². The second kappa shape index (κ2) is 8.37. The summed E-state index contributed by atoms with van der Waals surface area (Å²) in [6.45, 7) is 4.96. The molecule has 4 rings (SSSR count). The summed E-state index contributed by atoms with van der Waals surface area (Å²) in [5, 5.41) is 4.05. The summed E-state index contributed by atoms with van der Waals surface area (Å²) in [5.74, 6) is 1.04. The van der Waals surface area contributed by atoms with Crippen molar-refractivity contribution in [2.24, 2.45) is 0 Å². The number of pyridine rings is 1. The first-order chi connectivity index (χ1) is 13.3. The van der Waals surface area contributed by atoms with Crippen molar-refractivity contribution in [3.63, 3.8) is 0 Å². The summed E-state index contributed by atoms with van der Waals surface area (Å²) < 4.78 is 19.3. The number of hydrogen-bond donors (Lipinski definition) is 0. The average Bonchev–Trinajstić information content (AvgIpc) is 3.05. The Morgan fingerprint density at radius 3 is 2.56 bits per heavy atom. The molecule has 0 saturated carbocycles. The first-order valence-electron chi connectivity index (χ1n) is 9.19. The Morgan fingerprint density at radius 2 is 1.78 bits per heavy atom. The minimum atomic E-state index is -0.132. The van der Waals surface area contributed by atoms with Gasteiger partial charge in [-0.15, -0.1) is 0 Å². The smallest absolute Gasteiger partial charge is 0.241 e. The molecule has 0 atom stereocenters.